The highest BCUT2D eigenvalue weighted by Gasteiger charge is 2.30. The molecule has 3 amide bonds. The predicted octanol–water partition coefficient (Wildman–Crippen LogP) is 9.68. The van der Waals surface area contributed by atoms with Gasteiger partial charge in [0.2, 0.25) is 11.8 Å². The molecule has 3 atom stereocenters. The smallest absolute Gasteiger partial charge is 0.444 e. The number of alkyl carbamates (subject to hydrolysis) is 1. The predicted molar refractivity (Wildman–Crippen MR) is 236 cm³/mol. The summed E-state index contributed by atoms with van der Waals surface area (Å²) < 4.78 is 27.9. The Labute approximate surface area is 357 Å². The van der Waals surface area contributed by atoms with Gasteiger partial charge in [-0.05, 0) is 74.9 Å². The average Bonchev–Trinajstić information content (AvgIpc) is 3.81. The monoisotopic (exact) mass is 863 g/mol. The second-order valence-corrected chi connectivity index (χ2v) is 17.8. The standard InChI is InChI=1S/C45H59ClN5O8P/c1-45(2,3)58-44(54)51-40(30-34-28-32-20-12-15-23-37(32)49-34)43(53)50-39(29-33-31-48-38-24-16-13-21-35(33)38)42(52)47-26-18-10-8-6-4-5-7-9-11-19-27-57-60(55,56)59-41-25-17-14-22-36(41)46/h12-17,20-25,28,31,39-40,48-49H,4-11,18-19,26-27,29-30H2,1-3H3,(H,47,52)(H,50,53)(H,51,54)(H,55,56)/t39-,40-/m0/s1. The van der Waals surface area contributed by atoms with Crippen molar-refractivity contribution in [3.63, 3.8) is 0 Å². The largest absolute Gasteiger partial charge is 0.527 e. The normalized spacial score (nSPS) is 13.7. The number of aromatic amines is 2. The Morgan fingerprint density at radius 1 is 0.767 bits per heavy atom. The molecule has 6 N–H and O–H groups in total. The minimum Gasteiger partial charge on any atom is -0.444 e. The van der Waals surface area contributed by atoms with Gasteiger partial charge >= 0.3 is 13.9 Å². The topological polar surface area (TPSA) is 184 Å². The highest BCUT2D eigenvalue weighted by molar-refractivity contribution is 7.47. The molecule has 3 aromatic carbocycles. The number of amides is 3. The van der Waals surface area contributed by atoms with Gasteiger partial charge in [-0.3, -0.25) is 19.0 Å². The SMILES string of the molecule is CC(C)(C)OC(=O)N[C@@H](Cc1cc2ccccc2[nH]1)C(=O)N[C@@H](Cc1c[nH]c2ccccc12)C(=O)NCCCCCCCCCCCCOP(=O)(O)Oc1ccccc1Cl. The van der Waals surface area contributed by atoms with E-state index in [1.165, 1.54) is 6.07 Å². The molecule has 0 fully saturated rings. The number of halogens is 1. The van der Waals surface area contributed by atoms with Gasteiger partial charge in [0, 0.05) is 47.7 Å². The summed E-state index contributed by atoms with van der Waals surface area (Å²) in [6.07, 6.45) is 11.3. The molecule has 0 saturated carbocycles. The maximum Gasteiger partial charge on any atom is 0.527 e. The Morgan fingerprint density at radius 2 is 1.38 bits per heavy atom. The van der Waals surface area contributed by atoms with E-state index in [4.69, 9.17) is 25.4 Å². The quantitative estimate of drug-likeness (QED) is 0.0262. The summed E-state index contributed by atoms with van der Waals surface area (Å²) in [5, 5.41) is 11.0. The lowest BCUT2D eigenvalue weighted by Crippen LogP contribution is -2.55. The summed E-state index contributed by atoms with van der Waals surface area (Å²) in [5.74, 6) is -0.681. The Balaban J connectivity index is 1.05. The van der Waals surface area contributed by atoms with Crippen molar-refractivity contribution in [3.05, 3.63) is 101 Å². The summed E-state index contributed by atoms with van der Waals surface area (Å²) in [5.41, 5.74) is 2.72. The minimum atomic E-state index is -4.23. The molecule has 5 aromatic rings. The molecule has 2 aromatic heterocycles. The average molecular weight is 864 g/mol. The molecule has 13 nitrogen and oxygen atoms in total. The first-order valence-corrected chi connectivity index (χ1v) is 22.7. The number of nitrogens with one attached hydrogen (secondary N) is 5. The molecular weight excluding hydrogens is 805 g/mol. The van der Waals surface area contributed by atoms with Crippen LogP contribution in [0.2, 0.25) is 5.02 Å². The third-order valence-corrected chi connectivity index (χ3v) is 11.2. The summed E-state index contributed by atoms with van der Waals surface area (Å²) in [7, 11) is -4.23. The zero-order valence-corrected chi connectivity index (χ0v) is 36.4. The number of H-pyrrole nitrogens is 2. The number of unbranched alkanes of at least 4 members (excludes halogenated alkanes) is 9. The molecule has 2 heterocycles. The van der Waals surface area contributed by atoms with Gasteiger partial charge in [-0.1, -0.05) is 111 Å². The minimum absolute atomic E-state index is 0.112. The number of phosphoric ester groups is 1. The van der Waals surface area contributed by atoms with E-state index in [1.54, 1.807) is 39.0 Å². The number of carbonyl (C=O) groups excluding carboxylic acids is 3. The third kappa shape index (κ3) is 15.3. The molecule has 0 aliphatic carbocycles. The van der Waals surface area contributed by atoms with E-state index >= 15 is 0 Å². The van der Waals surface area contributed by atoms with Gasteiger partial charge in [-0.15, -0.1) is 0 Å². The van der Waals surface area contributed by atoms with E-state index in [0.717, 1.165) is 90.9 Å². The summed E-state index contributed by atoms with van der Waals surface area (Å²) >= 11 is 5.99. The van der Waals surface area contributed by atoms with E-state index in [1.807, 2.05) is 60.8 Å². The van der Waals surface area contributed by atoms with Gasteiger partial charge in [0.05, 0.1) is 11.6 Å². The lowest BCUT2D eigenvalue weighted by atomic mass is 10.0. The molecule has 0 saturated heterocycles. The first-order chi connectivity index (χ1) is 28.8. The van der Waals surface area contributed by atoms with Gasteiger partial charge < -0.3 is 35.2 Å². The Hall–Kier alpha value is -4.81. The Morgan fingerprint density at radius 3 is 2.08 bits per heavy atom. The molecule has 0 radical (unpaired) electrons. The maximum absolute atomic E-state index is 14.0. The Bertz CT molecular complexity index is 2170. The molecule has 0 spiro atoms. The van der Waals surface area contributed by atoms with Gasteiger partial charge in [-0.25, -0.2) is 9.36 Å². The molecule has 324 valence electrons. The fraction of sp³-hybridized carbons (Fsp3) is 0.444. The van der Waals surface area contributed by atoms with Crippen molar-refractivity contribution in [1.29, 1.82) is 0 Å². The molecular formula is C45H59ClN5O8P. The van der Waals surface area contributed by atoms with Crippen LogP contribution in [-0.4, -0.2) is 63.6 Å². The summed E-state index contributed by atoms with van der Waals surface area (Å²) in [4.78, 5) is 57.3. The van der Waals surface area contributed by atoms with Crippen molar-refractivity contribution in [2.75, 3.05) is 13.2 Å². The van der Waals surface area contributed by atoms with Crippen molar-refractivity contribution in [2.45, 2.75) is 116 Å². The van der Waals surface area contributed by atoms with Crippen LogP contribution in [0.25, 0.3) is 21.8 Å². The second-order valence-electron chi connectivity index (χ2n) is 16.1. The maximum atomic E-state index is 14.0. The first kappa shape index (κ1) is 46.3. The van der Waals surface area contributed by atoms with Crippen LogP contribution < -0.4 is 20.5 Å². The number of ether oxygens (including phenoxy) is 1. The van der Waals surface area contributed by atoms with Crippen LogP contribution in [0.4, 0.5) is 4.79 Å². The van der Waals surface area contributed by atoms with E-state index in [2.05, 4.69) is 25.9 Å². The number of carbonyl (C=O) groups is 3. The fourth-order valence-corrected chi connectivity index (χ4v) is 8.00. The number of fused-ring (bicyclic) bond motifs is 2. The van der Waals surface area contributed by atoms with Crippen LogP contribution in [0.3, 0.4) is 0 Å². The molecule has 0 bridgehead atoms. The first-order valence-electron chi connectivity index (χ1n) is 20.9. The van der Waals surface area contributed by atoms with E-state index in [0.29, 0.717) is 13.0 Å². The van der Waals surface area contributed by atoms with Crippen molar-refractivity contribution < 1.29 is 37.6 Å². The molecule has 0 aliphatic heterocycles. The van der Waals surface area contributed by atoms with E-state index in [9.17, 15) is 23.8 Å². The number of para-hydroxylation sites is 3. The van der Waals surface area contributed by atoms with Crippen LogP contribution >= 0.6 is 19.4 Å². The molecule has 5 rings (SSSR count). The number of phosphoric acid groups is 1. The highest BCUT2D eigenvalue weighted by Crippen LogP contribution is 2.45. The van der Waals surface area contributed by atoms with Gasteiger partial charge in [0.1, 0.15) is 23.4 Å². The van der Waals surface area contributed by atoms with Crippen LogP contribution in [0.1, 0.15) is 96.2 Å². The summed E-state index contributed by atoms with van der Waals surface area (Å²) in [6, 6.07) is 22.1. The van der Waals surface area contributed by atoms with Crippen molar-refractivity contribution in [3.8, 4) is 5.75 Å². The van der Waals surface area contributed by atoms with Gasteiger partial charge in [0.25, 0.3) is 0 Å². The van der Waals surface area contributed by atoms with E-state index < -0.39 is 37.5 Å². The van der Waals surface area contributed by atoms with Crippen molar-refractivity contribution >= 4 is 59.1 Å². The van der Waals surface area contributed by atoms with Crippen molar-refractivity contribution in [2.24, 2.45) is 0 Å². The Kier molecular flexibility index (Phi) is 17.5. The van der Waals surface area contributed by atoms with Gasteiger partial charge in [-0.2, -0.15) is 0 Å². The summed E-state index contributed by atoms with van der Waals surface area (Å²) in [6.45, 7) is 5.87. The zero-order valence-electron chi connectivity index (χ0n) is 34.8. The lowest BCUT2D eigenvalue weighted by molar-refractivity contribution is -0.130. The molecule has 0 aliphatic rings. The number of benzene rings is 3. The third-order valence-electron chi connectivity index (χ3n) is 9.92. The second kappa shape index (κ2) is 22.7. The van der Waals surface area contributed by atoms with Crippen molar-refractivity contribution in [1.82, 2.24) is 25.9 Å². The fourth-order valence-electron chi connectivity index (χ4n) is 6.95. The zero-order chi connectivity index (χ0) is 43.0. The number of rotatable bonds is 24. The van der Waals surface area contributed by atoms with Crippen LogP contribution in [-0.2, 0) is 36.3 Å². The highest BCUT2D eigenvalue weighted by atomic mass is 35.5. The van der Waals surface area contributed by atoms with Crippen LogP contribution in [0.5, 0.6) is 5.75 Å². The van der Waals surface area contributed by atoms with E-state index in [-0.39, 0.29) is 36.1 Å². The van der Waals surface area contributed by atoms with Crippen LogP contribution in [0.15, 0.2) is 85.1 Å². The molecule has 60 heavy (non-hydrogen) atoms. The number of hydrogen-bond acceptors (Lipinski definition) is 7. The molecule has 1 unspecified atom stereocenters. The lowest BCUT2D eigenvalue weighted by Gasteiger charge is -2.25. The number of hydrogen-bond donors (Lipinski definition) is 6. The number of aromatic nitrogens is 2. The van der Waals surface area contributed by atoms with Crippen LogP contribution in [0, 0.1) is 0 Å². The van der Waals surface area contributed by atoms with Gasteiger partial charge in [0.15, 0.2) is 0 Å². The molecule has 15 heteroatoms.